The first kappa shape index (κ1) is 42.8. The standard InChI is InChI=1S/5CH2O3.Na.Th/c5*2-1(3)4;;/h5*(H2,2,3,4);;/q;;;;;+1;+4/p-5. The quantitative estimate of drug-likeness (QED) is 0.172. The molecule has 0 aromatic heterocycles. The summed E-state index contributed by atoms with van der Waals surface area (Å²) in [6.45, 7) is 0. The van der Waals surface area contributed by atoms with Crippen LogP contribution < -0.4 is 55.1 Å². The molecule has 0 aromatic rings. The van der Waals surface area contributed by atoms with Gasteiger partial charge in [-0.2, -0.15) is 0 Å². The van der Waals surface area contributed by atoms with Crippen LogP contribution >= 0.6 is 0 Å². The van der Waals surface area contributed by atoms with Crippen molar-refractivity contribution < 1.29 is 145 Å². The van der Waals surface area contributed by atoms with Crippen molar-refractivity contribution in [3.63, 3.8) is 0 Å². The Morgan fingerprint density at radius 1 is 0.455 bits per heavy atom. The second kappa shape index (κ2) is 36.7. The third-order valence-electron chi connectivity index (χ3n) is 0. The average molecular weight is 560 g/mol. The smallest absolute Gasteiger partial charge is 0.565 e. The van der Waals surface area contributed by atoms with Crippen molar-refractivity contribution in [3.05, 3.63) is 0 Å². The molecule has 0 amide bonds. The van der Waals surface area contributed by atoms with Gasteiger partial charge >= 0.3 is 69.5 Å². The Kier molecular flexibility index (Phi) is 71.4. The summed E-state index contributed by atoms with van der Waals surface area (Å²) in [5.74, 6) is 0. The zero-order valence-corrected chi connectivity index (χ0v) is 16.4. The minimum atomic E-state index is -2.08. The first-order chi connectivity index (χ1) is 8.66. The molecule has 0 fully saturated rings. The fraction of sp³-hybridized carbons (Fsp3) is 0. The maximum atomic E-state index is 8.44. The van der Waals surface area contributed by atoms with Gasteiger partial charge < -0.3 is 75.0 Å². The molecule has 17 heteroatoms. The fourth-order valence-corrected chi connectivity index (χ4v) is 0. The van der Waals surface area contributed by atoms with Gasteiger partial charge in [0.15, 0.2) is 0 Å². The molecule has 0 heterocycles. The molecule has 15 nitrogen and oxygen atoms in total. The number of carbonyl (C=O) groups is 5. The van der Waals surface area contributed by atoms with E-state index in [1.807, 2.05) is 0 Å². The Morgan fingerprint density at radius 3 is 0.455 bits per heavy atom. The Morgan fingerprint density at radius 2 is 0.455 bits per heavy atom. The van der Waals surface area contributed by atoms with Gasteiger partial charge in [-0.05, 0) is 0 Å². The minimum absolute atomic E-state index is 0. The van der Waals surface area contributed by atoms with Crippen LogP contribution in [0.15, 0.2) is 0 Å². The molecule has 22 heavy (non-hydrogen) atoms. The fourth-order valence-electron chi connectivity index (χ4n) is 0. The van der Waals surface area contributed by atoms with Crippen molar-refractivity contribution in [1.29, 1.82) is 0 Å². The normalized spacial score (nSPS) is 5.45. The van der Waals surface area contributed by atoms with Gasteiger partial charge in [-0.3, -0.25) is 0 Å². The van der Waals surface area contributed by atoms with Crippen LogP contribution in [0, 0.1) is 39.9 Å². The van der Waals surface area contributed by atoms with Crippen molar-refractivity contribution in [1.82, 2.24) is 0 Å². The van der Waals surface area contributed by atoms with Crippen molar-refractivity contribution in [2.45, 2.75) is 0 Å². The molecular formula is C5H5NaO15Th. The van der Waals surface area contributed by atoms with Gasteiger partial charge in [0.25, 0.3) is 0 Å². The summed E-state index contributed by atoms with van der Waals surface area (Å²) < 4.78 is 0. The summed E-state index contributed by atoms with van der Waals surface area (Å²) >= 11 is 0. The molecule has 0 radical (unpaired) electrons. The van der Waals surface area contributed by atoms with Crippen molar-refractivity contribution in [3.8, 4) is 0 Å². The SMILES string of the molecule is O=C([O-])O.O=C([O-])O.O=C([O-])O.O=C([O-])O.O=C([O-])O.[Na+].[Th+4]. The predicted octanol–water partition coefficient (Wildman–Crippen LogP) is -8.56. The molecular weight excluding hydrogens is 555 g/mol. The zero-order valence-electron chi connectivity index (χ0n) is 10.3. The van der Waals surface area contributed by atoms with Gasteiger partial charge in [-0.1, -0.05) is 0 Å². The van der Waals surface area contributed by atoms with E-state index in [4.69, 9.17) is 75.0 Å². The summed E-state index contributed by atoms with van der Waals surface area (Å²) in [6, 6.07) is 0. The number of hydrogen-bond donors (Lipinski definition) is 5. The molecule has 0 aliphatic rings. The van der Waals surface area contributed by atoms with Crippen molar-refractivity contribution in [2.24, 2.45) is 0 Å². The summed E-state index contributed by atoms with van der Waals surface area (Å²) in [5, 5.41) is 76.5. The van der Waals surface area contributed by atoms with Gasteiger partial charge in [0.1, 0.15) is 0 Å². The molecule has 0 bridgehead atoms. The van der Waals surface area contributed by atoms with E-state index < -0.39 is 30.8 Å². The molecule has 0 aliphatic carbocycles. The largest absolute Gasteiger partial charge is 4.00 e. The van der Waals surface area contributed by atoms with E-state index in [9.17, 15) is 0 Å². The Balaban J connectivity index is -0.0000000250. The molecule has 0 saturated carbocycles. The second-order valence-electron chi connectivity index (χ2n) is 1.33. The topological polar surface area (TPSA) is 302 Å². The monoisotopic (exact) mass is 560 g/mol. The molecule has 0 spiro atoms. The van der Waals surface area contributed by atoms with Gasteiger partial charge in [0.2, 0.25) is 30.8 Å². The van der Waals surface area contributed by atoms with E-state index in [2.05, 4.69) is 0 Å². The Bertz CT molecular complexity index is 213. The third-order valence-corrected chi connectivity index (χ3v) is 0. The van der Waals surface area contributed by atoms with Crippen LogP contribution in [-0.2, 0) is 0 Å². The maximum absolute atomic E-state index is 8.44. The molecule has 0 atom stereocenters. The van der Waals surface area contributed by atoms with Crippen LogP contribution in [0.2, 0.25) is 0 Å². The van der Waals surface area contributed by atoms with Crippen LogP contribution in [0.1, 0.15) is 0 Å². The summed E-state index contributed by atoms with van der Waals surface area (Å²) in [7, 11) is 0. The maximum Gasteiger partial charge on any atom is 4.00 e. The van der Waals surface area contributed by atoms with Gasteiger partial charge in [-0.15, -0.1) is 0 Å². The van der Waals surface area contributed by atoms with Crippen LogP contribution in [0.5, 0.6) is 0 Å². The zero-order chi connectivity index (χ0) is 17.9. The van der Waals surface area contributed by atoms with Gasteiger partial charge in [0.05, 0.1) is 0 Å². The molecule has 0 saturated heterocycles. The minimum Gasteiger partial charge on any atom is -0.565 e. The first-order valence-corrected chi connectivity index (χ1v) is 3.16. The van der Waals surface area contributed by atoms with Crippen LogP contribution in [-0.4, -0.2) is 56.3 Å². The summed E-state index contributed by atoms with van der Waals surface area (Å²) in [5.41, 5.74) is 0. The molecule has 120 valence electrons. The second-order valence-corrected chi connectivity index (χ2v) is 1.33. The van der Waals surface area contributed by atoms with E-state index in [1.54, 1.807) is 0 Å². The Hall–Kier alpha value is -1.33. The molecule has 0 aromatic carbocycles. The average Bonchev–Trinajstić information content (AvgIpc) is 1.94. The van der Waals surface area contributed by atoms with Crippen LogP contribution in [0.3, 0.4) is 0 Å². The van der Waals surface area contributed by atoms with E-state index in [0.717, 1.165) is 0 Å². The van der Waals surface area contributed by atoms with Gasteiger partial charge in [0, 0.05) is 0 Å². The molecule has 0 aliphatic heterocycles. The molecule has 5 N–H and O–H groups in total. The molecule has 0 unspecified atom stereocenters. The van der Waals surface area contributed by atoms with E-state index in [1.165, 1.54) is 0 Å². The van der Waals surface area contributed by atoms with E-state index in [-0.39, 0.29) is 69.5 Å². The number of carboxylic acid groups (broad SMARTS) is 10. The Labute approximate surface area is 174 Å². The third kappa shape index (κ3) is 3320. The van der Waals surface area contributed by atoms with Crippen molar-refractivity contribution in [2.75, 3.05) is 0 Å². The van der Waals surface area contributed by atoms with Crippen LogP contribution in [0.25, 0.3) is 0 Å². The predicted molar refractivity (Wildman–Crippen MR) is 40.1 cm³/mol. The van der Waals surface area contributed by atoms with Gasteiger partial charge in [-0.25, -0.2) is 0 Å². The van der Waals surface area contributed by atoms with E-state index >= 15 is 0 Å². The number of rotatable bonds is 0. The first-order valence-electron chi connectivity index (χ1n) is 3.16. The van der Waals surface area contributed by atoms with Crippen molar-refractivity contribution >= 4 is 30.8 Å². The summed E-state index contributed by atoms with van der Waals surface area (Å²) in [4.78, 5) is 42.2. The molecule has 0 rings (SSSR count). The summed E-state index contributed by atoms with van der Waals surface area (Å²) in [6.07, 6.45) is -10.4. The van der Waals surface area contributed by atoms with E-state index in [0.29, 0.717) is 0 Å². The number of hydrogen-bond acceptors (Lipinski definition) is 10. The van der Waals surface area contributed by atoms with Crippen LogP contribution in [0.4, 0.5) is 24.0 Å².